The second-order valence-corrected chi connectivity index (χ2v) is 4.22. The van der Waals surface area contributed by atoms with E-state index in [0.717, 1.165) is 11.4 Å². The third-order valence-electron chi connectivity index (χ3n) is 2.97. The van der Waals surface area contributed by atoms with Crippen molar-refractivity contribution in [3.8, 4) is 22.5 Å². The van der Waals surface area contributed by atoms with Gasteiger partial charge in [-0.1, -0.05) is 30.3 Å². The van der Waals surface area contributed by atoms with Crippen molar-refractivity contribution in [1.29, 1.82) is 0 Å². The SMILES string of the molecule is Cn1ccnc1-c1[c-]ccc(-c2ccccc2)c1.[Ir]. The summed E-state index contributed by atoms with van der Waals surface area (Å²) in [5, 5.41) is 0. The van der Waals surface area contributed by atoms with Gasteiger partial charge >= 0.3 is 0 Å². The first-order valence-electron chi connectivity index (χ1n) is 5.89. The van der Waals surface area contributed by atoms with E-state index in [4.69, 9.17) is 0 Å². The van der Waals surface area contributed by atoms with Crippen LogP contribution in [0.5, 0.6) is 0 Å². The molecule has 0 saturated carbocycles. The van der Waals surface area contributed by atoms with E-state index in [0.29, 0.717) is 0 Å². The molecule has 19 heavy (non-hydrogen) atoms. The van der Waals surface area contributed by atoms with Gasteiger partial charge in [0, 0.05) is 39.5 Å². The molecule has 3 rings (SSSR count). The molecule has 1 aromatic heterocycles. The molecule has 0 atom stereocenters. The largest absolute Gasteiger partial charge is 0.373 e. The average molecular weight is 426 g/mol. The number of aryl methyl sites for hydroxylation is 1. The van der Waals surface area contributed by atoms with Gasteiger partial charge in [-0.3, -0.25) is 4.98 Å². The minimum Gasteiger partial charge on any atom is -0.373 e. The molecule has 0 unspecified atom stereocenters. The molecule has 0 N–H and O–H groups in total. The zero-order valence-electron chi connectivity index (χ0n) is 10.5. The summed E-state index contributed by atoms with van der Waals surface area (Å²) in [5.41, 5.74) is 3.41. The Morgan fingerprint density at radius 2 is 1.84 bits per heavy atom. The van der Waals surface area contributed by atoms with Crippen LogP contribution in [0.2, 0.25) is 0 Å². The Morgan fingerprint density at radius 1 is 1.05 bits per heavy atom. The van der Waals surface area contributed by atoms with E-state index >= 15 is 0 Å². The predicted molar refractivity (Wildman–Crippen MR) is 72.9 cm³/mol. The summed E-state index contributed by atoms with van der Waals surface area (Å²) in [4.78, 5) is 4.35. The van der Waals surface area contributed by atoms with Crippen molar-refractivity contribution in [2.75, 3.05) is 0 Å². The fourth-order valence-corrected chi connectivity index (χ4v) is 2.03. The van der Waals surface area contributed by atoms with Crippen LogP contribution in [-0.4, -0.2) is 9.55 Å². The molecule has 0 aliphatic carbocycles. The van der Waals surface area contributed by atoms with Gasteiger partial charge in [-0.15, -0.1) is 35.4 Å². The van der Waals surface area contributed by atoms with Gasteiger partial charge in [0.15, 0.2) is 0 Å². The molecule has 0 aliphatic heterocycles. The van der Waals surface area contributed by atoms with E-state index in [-0.39, 0.29) is 20.1 Å². The summed E-state index contributed by atoms with van der Waals surface area (Å²) in [6.45, 7) is 0. The standard InChI is InChI=1S/C16H13N2.Ir/c1-18-11-10-17-16(18)15-9-5-8-14(12-15)13-6-3-2-4-7-13;/h2-8,10-12H,1H3;/q-1;. The Balaban J connectivity index is 0.00000133. The number of hydrogen-bond acceptors (Lipinski definition) is 1. The van der Waals surface area contributed by atoms with E-state index in [9.17, 15) is 0 Å². The van der Waals surface area contributed by atoms with Crippen LogP contribution < -0.4 is 0 Å². The molecular weight excluding hydrogens is 412 g/mol. The molecule has 0 bridgehead atoms. The summed E-state index contributed by atoms with van der Waals surface area (Å²) >= 11 is 0. The Bertz CT molecular complexity index is 659. The zero-order valence-corrected chi connectivity index (χ0v) is 12.9. The molecule has 0 spiro atoms. The Morgan fingerprint density at radius 3 is 2.53 bits per heavy atom. The van der Waals surface area contributed by atoms with Gasteiger partial charge in [-0.25, -0.2) is 0 Å². The van der Waals surface area contributed by atoms with Gasteiger partial charge in [0.2, 0.25) is 0 Å². The third-order valence-corrected chi connectivity index (χ3v) is 2.97. The van der Waals surface area contributed by atoms with Crippen LogP contribution in [0, 0.1) is 6.07 Å². The van der Waals surface area contributed by atoms with Gasteiger partial charge in [0.1, 0.15) is 0 Å². The molecular formula is C16H13IrN2-. The smallest absolute Gasteiger partial charge is 0.0555 e. The number of rotatable bonds is 2. The topological polar surface area (TPSA) is 17.8 Å². The van der Waals surface area contributed by atoms with Crippen LogP contribution in [0.3, 0.4) is 0 Å². The van der Waals surface area contributed by atoms with Crippen LogP contribution in [0.15, 0.2) is 60.9 Å². The van der Waals surface area contributed by atoms with Crippen molar-refractivity contribution in [3.63, 3.8) is 0 Å². The predicted octanol–water partition coefficient (Wildman–Crippen LogP) is 3.55. The molecule has 1 radical (unpaired) electrons. The van der Waals surface area contributed by atoms with E-state index < -0.39 is 0 Å². The number of benzene rings is 2. The van der Waals surface area contributed by atoms with Gasteiger partial charge in [-0.05, 0) is 5.56 Å². The van der Waals surface area contributed by atoms with Crippen molar-refractivity contribution < 1.29 is 20.1 Å². The maximum absolute atomic E-state index is 4.35. The minimum absolute atomic E-state index is 0. The summed E-state index contributed by atoms with van der Waals surface area (Å²) in [6, 6.07) is 19.7. The summed E-state index contributed by atoms with van der Waals surface area (Å²) in [7, 11) is 1.99. The molecule has 2 aromatic carbocycles. The molecule has 97 valence electrons. The zero-order chi connectivity index (χ0) is 12.4. The van der Waals surface area contributed by atoms with Gasteiger partial charge in [-0.2, -0.15) is 0 Å². The number of imidazole rings is 1. The Hall–Kier alpha value is -1.70. The normalized spacial score (nSPS) is 9.95. The summed E-state index contributed by atoms with van der Waals surface area (Å²) < 4.78 is 2.00. The van der Waals surface area contributed by atoms with Crippen LogP contribution >= 0.6 is 0 Å². The van der Waals surface area contributed by atoms with Crippen molar-refractivity contribution in [2.24, 2.45) is 7.05 Å². The third kappa shape index (κ3) is 2.83. The summed E-state index contributed by atoms with van der Waals surface area (Å²) in [5.74, 6) is 0.938. The molecule has 3 aromatic rings. The first-order chi connectivity index (χ1) is 8.84. The molecule has 0 aliphatic rings. The maximum atomic E-state index is 4.35. The van der Waals surface area contributed by atoms with Crippen LogP contribution in [-0.2, 0) is 27.2 Å². The Labute approximate surface area is 126 Å². The molecule has 1 heterocycles. The monoisotopic (exact) mass is 426 g/mol. The molecule has 0 saturated heterocycles. The first-order valence-corrected chi connectivity index (χ1v) is 5.89. The first kappa shape index (κ1) is 13.7. The van der Waals surface area contributed by atoms with E-state index in [2.05, 4.69) is 35.3 Å². The van der Waals surface area contributed by atoms with Crippen molar-refractivity contribution in [2.45, 2.75) is 0 Å². The van der Waals surface area contributed by atoms with Crippen LogP contribution in [0.1, 0.15) is 0 Å². The van der Waals surface area contributed by atoms with Crippen molar-refractivity contribution in [1.82, 2.24) is 9.55 Å². The fraction of sp³-hybridized carbons (Fsp3) is 0.0625. The maximum Gasteiger partial charge on any atom is 0.0555 e. The van der Waals surface area contributed by atoms with Crippen LogP contribution in [0.4, 0.5) is 0 Å². The second kappa shape index (κ2) is 5.96. The quantitative estimate of drug-likeness (QED) is 0.575. The van der Waals surface area contributed by atoms with E-state index in [1.807, 2.05) is 42.1 Å². The number of nitrogens with zero attached hydrogens (tertiary/aromatic N) is 2. The average Bonchev–Trinajstić information content (AvgIpc) is 2.86. The van der Waals surface area contributed by atoms with E-state index in [1.54, 1.807) is 6.20 Å². The molecule has 3 heteroatoms. The minimum atomic E-state index is 0. The van der Waals surface area contributed by atoms with Crippen molar-refractivity contribution >= 4 is 0 Å². The number of aromatic nitrogens is 2. The summed E-state index contributed by atoms with van der Waals surface area (Å²) in [6.07, 6.45) is 3.75. The number of hydrogen-bond donors (Lipinski definition) is 0. The van der Waals surface area contributed by atoms with Crippen LogP contribution in [0.25, 0.3) is 22.5 Å². The van der Waals surface area contributed by atoms with Crippen molar-refractivity contribution in [3.05, 3.63) is 67.0 Å². The Kier molecular flexibility index (Phi) is 4.31. The second-order valence-electron chi connectivity index (χ2n) is 4.22. The van der Waals surface area contributed by atoms with E-state index in [1.165, 1.54) is 11.1 Å². The molecule has 0 fully saturated rings. The van der Waals surface area contributed by atoms with Gasteiger partial charge < -0.3 is 4.57 Å². The van der Waals surface area contributed by atoms with Gasteiger partial charge in [0.05, 0.1) is 5.82 Å². The fourth-order valence-electron chi connectivity index (χ4n) is 2.03. The molecule has 2 nitrogen and oxygen atoms in total. The van der Waals surface area contributed by atoms with Gasteiger partial charge in [0.25, 0.3) is 0 Å². The molecule has 0 amide bonds.